The van der Waals surface area contributed by atoms with Crippen LogP contribution in [0.4, 0.5) is 23.7 Å². The first-order valence-electron chi connectivity index (χ1n) is 7.94. The van der Waals surface area contributed by atoms with Gasteiger partial charge in [0, 0.05) is 32.3 Å². The van der Waals surface area contributed by atoms with E-state index >= 15 is 0 Å². The molecule has 24 heavy (non-hydrogen) atoms. The van der Waals surface area contributed by atoms with E-state index < -0.39 is 23.5 Å². The summed E-state index contributed by atoms with van der Waals surface area (Å²) >= 11 is 0. The fourth-order valence-electron chi connectivity index (χ4n) is 2.83. The molecule has 0 atom stereocenters. The molecule has 1 aromatic rings. The van der Waals surface area contributed by atoms with Gasteiger partial charge in [-0.2, -0.15) is 0 Å². The summed E-state index contributed by atoms with van der Waals surface area (Å²) in [6.45, 7) is 1.91. The number of likely N-dealkylation sites (tertiary alicyclic amines) is 1. The Morgan fingerprint density at radius 2 is 1.96 bits per heavy atom. The Bertz CT molecular complexity index is 578. The maximum Gasteiger partial charge on any atom is 0.321 e. The van der Waals surface area contributed by atoms with Crippen molar-refractivity contribution < 1.29 is 23.1 Å². The maximum atomic E-state index is 13.6. The zero-order valence-corrected chi connectivity index (χ0v) is 13.6. The number of piperidine rings is 1. The van der Waals surface area contributed by atoms with E-state index in [1.807, 2.05) is 7.05 Å². The van der Waals surface area contributed by atoms with E-state index in [0.29, 0.717) is 25.6 Å². The summed E-state index contributed by atoms with van der Waals surface area (Å²) in [5.41, 5.74) is -0.374. The van der Waals surface area contributed by atoms with Gasteiger partial charge in [0.25, 0.3) is 0 Å². The molecule has 0 saturated carbocycles. The molecule has 0 unspecified atom stereocenters. The van der Waals surface area contributed by atoms with E-state index in [0.717, 1.165) is 31.5 Å². The van der Waals surface area contributed by atoms with Crippen molar-refractivity contribution in [3.63, 3.8) is 0 Å². The zero-order chi connectivity index (χ0) is 17.7. The fraction of sp³-hybridized carbons (Fsp3) is 0.562. The molecule has 0 radical (unpaired) electrons. The van der Waals surface area contributed by atoms with Crippen molar-refractivity contribution in [2.24, 2.45) is 0 Å². The summed E-state index contributed by atoms with van der Waals surface area (Å²) in [5, 5.41) is 11.1. The van der Waals surface area contributed by atoms with E-state index in [1.165, 1.54) is 4.90 Å². The average Bonchev–Trinajstić information content (AvgIpc) is 2.60. The second-order valence-corrected chi connectivity index (χ2v) is 5.93. The topological polar surface area (TPSA) is 55.8 Å². The number of hydrogen-bond acceptors (Lipinski definition) is 3. The number of urea groups is 1. The first-order valence-corrected chi connectivity index (χ1v) is 7.94. The molecule has 0 aromatic heterocycles. The lowest BCUT2D eigenvalue weighted by Gasteiger charge is -2.36. The highest BCUT2D eigenvalue weighted by atomic mass is 19.2. The third-order valence-corrected chi connectivity index (χ3v) is 4.32. The standard InChI is InChI=1S/C16H22F3N3O2/c1-21(7-2-10-23)11-5-8-22(9-6-11)16(24)20-13-4-3-12(17)14(18)15(13)19/h3-4,11,23H,2,5-10H2,1H3,(H,20,24). The van der Waals surface area contributed by atoms with E-state index in [4.69, 9.17) is 5.11 Å². The SMILES string of the molecule is CN(CCCO)C1CCN(C(=O)Nc2ccc(F)c(F)c2F)CC1. The highest BCUT2D eigenvalue weighted by molar-refractivity contribution is 5.89. The minimum absolute atomic E-state index is 0.144. The van der Waals surface area contributed by atoms with Gasteiger partial charge in [-0.25, -0.2) is 18.0 Å². The van der Waals surface area contributed by atoms with Crippen LogP contribution in [0.5, 0.6) is 0 Å². The van der Waals surface area contributed by atoms with Crippen LogP contribution in [-0.4, -0.2) is 60.3 Å². The zero-order valence-electron chi connectivity index (χ0n) is 13.6. The largest absolute Gasteiger partial charge is 0.396 e. The molecular weight excluding hydrogens is 323 g/mol. The molecular formula is C16H22F3N3O2. The van der Waals surface area contributed by atoms with Gasteiger partial charge in [0.1, 0.15) is 0 Å². The molecule has 1 saturated heterocycles. The van der Waals surface area contributed by atoms with E-state index in [9.17, 15) is 18.0 Å². The van der Waals surface area contributed by atoms with Gasteiger partial charge in [-0.3, -0.25) is 0 Å². The molecule has 5 nitrogen and oxygen atoms in total. The predicted molar refractivity (Wildman–Crippen MR) is 84.3 cm³/mol. The normalized spacial score (nSPS) is 15.8. The van der Waals surface area contributed by atoms with Crippen LogP contribution >= 0.6 is 0 Å². The molecule has 2 rings (SSSR count). The number of aliphatic hydroxyl groups is 1. The van der Waals surface area contributed by atoms with Crippen LogP contribution < -0.4 is 5.32 Å². The van der Waals surface area contributed by atoms with Gasteiger partial charge in [-0.05, 0) is 38.4 Å². The van der Waals surface area contributed by atoms with Gasteiger partial charge in [-0.15, -0.1) is 0 Å². The van der Waals surface area contributed by atoms with Crippen LogP contribution in [0.25, 0.3) is 0 Å². The predicted octanol–water partition coefficient (Wildman–Crippen LogP) is 2.41. The Labute approximate surface area is 139 Å². The number of rotatable bonds is 5. The van der Waals surface area contributed by atoms with Crippen LogP contribution in [0.3, 0.4) is 0 Å². The number of carbonyl (C=O) groups is 1. The number of nitrogens with zero attached hydrogens (tertiary/aromatic N) is 2. The Balaban J connectivity index is 1.88. The molecule has 0 aliphatic carbocycles. The van der Waals surface area contributed by atoms with E-state index in [1.54, 1.807) is 0 Å². The number of carbonyl (C=O) groups excluding carboxylic acids is 1. The van der Waals surface area contributed by atoms with Crippen LogP contribution in [0, 0.1) is 17.5 Å². The minimum Gasteiger partial charge on any atom is -0.396 e. The molecule has 2 amide bonds. The summed E-state index contributed by atoms with van der Waals surface area (Å²) in [7, 11) is 1.98. The van der Waals surface area contributed by atoms with Crippen molar-refractivity contribution in [3.8, 4) is 0 Å². The lowest BCUT2D eigenvalue weighted by atomic mass is 10.0. The quantitative estimate of drug-likeness (QED) is 0.806. The maximum absolute atomic E-state index is 13.6. The van der Waals surface area contributed by atoms with Gasteiger partial charge in [0.2, 0.25) is 0 Å². The lowest BCUT2D eigenvalue weighted by Crippen LogP contribution is -2.47. The second-order valence-electron chi connectivity index (χ2n) is 5.93. The molecule has 8 heteroatoms. The van der Waals surface area contributed by atoms with Gasteiger partial charge >= 0.3 is 6.03 Å². The molecule has 1 aliphatic heterocycles. The lowest BCUT2D eigenvalue weighted by molar-refractivity contribution is 0.134. The first-order chi connectivity index (χ1) is 11.4. The van der Waals surface area contributed by atoms with Crippen LogP contribution in [-0.2, 0) is 0 Å². The third-order valence-electron chi connectivity index (χ3n) is 4.32. The van der Waals surface area contributed by atoms with Gasteiger partial charge in [0.05, 0.1) is 5.69 Å². The number of amides is 2. The summed E-state index contributed by atoms with van der Waals surface area (Å²) in [6, 6.07) is 1.56. The summed E-state index contributed by atoms with van der Waals surface area (Å²) < 4.78 is 39.7. The first kappa shape index (κ1) is 18.5. The molecule has 0 spiro atoms. The Kier molecular flexibility index (Phi) is 6.44. The Morgan fingerprint density at radius 3 is 2.58 bits per heavy atom. The van der Waals surface area contributed by atoms with Crippen molar-refractivity contribution >= 4 is 11.7 Å². The van der Waals surface area contributed by atoms with Crippen molar-refractivity contribution in [2.75, 3.05) is 38.6 Å². The van der Waals surface area contributed by atoms with Crippen molar-refractivity contribution in [1.82, 2.24) is 9.80 Å². The number of hydrogen-bond donors (Lipinski definition) is 2. The van der Waals surface area contributed by atoms with E-state index in [-0.39, 0.29) is 12.3 Å². The van der Waals surface area contributed by atoms with Crippen LogP contribution in [0.1, 0.15) is 19.3 Å². The summed E-state index contributed by atoms with van der Waals surface area (Å²) in [6.07, 6.45) is 2.22. The molecule has 1 aromatic carbocycles. The highest BCUT2D eigenvalue weighted by Crippen LogP contribution is 2.21. The minimum atomic E-state index is -1.60. The summed E-state index contributed by atoms with van der Waals surface area (Å²) in [4.78, 5) is 15.8. The van der Waals surface area contributed by atoms with E-state index in [2.05, 4.69) is 10.2 Å². The number of benzene rings is 1. The van der Waals surface area contributed by atoms with Crippen molar-refractivity contribution in [3.05, 3.63) is 29.6 Å². The van der Waals surface area contributed by atoms with Crippen LogP contribution in [0.2, 0.25) is 0 Å². The molecule has 1 aliphatic rings. The molecule has 1 heterocycles. The molecule has 134 valence electrons. The number of aliphatic hydroxyl groups excluding tert-OH is 1. The van der Waals surface area contributed by atoms with Crippen molar-refractivity contribution in [2.45, 2.75) is 25.3 Å². The Hall–Kier alpha value is -1.80. The Morgan fingerprint density at radius 1 is 1.29 bits per heavy atom. The number of anilines is 1. The van der Waals surface area contributed by atoms with Crippen LogP contribution in [0.15, 0.2) is 12.1 Å². The van der Waals surface area contributed by atoms with Gasteiger partial charge < -0.3 is 20.2 Å². The monoisotopic (exact) mass is 345 g/mol. The van der Waals surface area contributed by atoms with Crippen molar-refractivity contribution in [1.29, 1.82) is 0 Å². The molecule has 2 N–H and O–H groups in total. The third kappa shape index (κ3) is 4.39. The van der Waals surface area contributed by atoms with Gasteiger partial charge in [0.15, 0.2) is 17.5 Å². The summed E-state index contributed by atoms with van der Waals surface area (Å²) in [5.74, 6) is -4.30. The second kappa shape index (κ2) is 8.34. The average molecular weight is 345 g/mol. The molecule has 1 fully saturated rings. The number of nitrogens with one attached hydrogen (secondary N) is 1. The van der Waals surface area contributed by atoms with Gasteiger partial charge in [-0.1, -0.05) is 0 Å². The number of halogens is 3. The smallest absolute Gasteiger partial charge is 0.321 e. The highest BCUT2D eigenvalue weighted by Gasteiger charge is 2.26. The fourth-order valence-corrected chi connectivity index (χ4v) is 2.83. The molecule has 0 bridgehead atoms.